The quantitative estimate of drug-likeness (QED) is 0.645. The summed E-state index contributed by atoms with van der Waals surface area (Å²) in [6, 6.07) is 9.73. The first-order valence-corrected chi connectivity index (χ1v) is 11.6. The molecule has 2 aliphatic rings. The molecule has 2 aliphatic heterocycles. The van der Waals surface area contributed by atoms with Crippen molar-refractivity contribution in [3.63, 3.8) is 0 Å². The summed E-state index contributed by atoms with van der Waals surface area (Å²) in [4.78, 5) is 33.9. The number of hydrogen-bond donors (Lipinski definition) is 1. The van der Waals surface area contributed by atoms with Crippen molar-refractivity contribution in [2.45, 2.75) is 38.6 Å². The average molecular weight is 445 g/mol. The smallest absolute Gasteiger partial charge is 0.270 e. The van der Waals surface area contributed by atoms with Crippen LogP contribution < -0.4 is 10.2 Å². The van der Waals surface area contributed by atoms with Gasteiger partial charge in [-0.05, 0) is 56.9 Å². The molecule has 8 nitrogen and oxygen atoms in total. The number of amides is 1. The fourth-order valence-corrected chi connectivity index (χ4v) is 4.27. The van der Waals surface area contributed by atoms with E-state index < -0.39 is 0 Å². The molecule has 0 spiro atoms. The molecule has 170 valence electrons. The lowest BCUT2D eigenvalue weighted by Crippen LogP contribution is -2.39. The molecule has 4 heterocycles. The molecule has 1 amide bonds. The van der Waals surface area contributed by atoms with Crippen molar-refractivity contribution in [3.8, 4) is 0 Å². The van der Waals surface area contributed by atoms with E-state index in [2.05, 4.69) is 20.2 Å². The molecule has 0 unspecified atom stereocenters. The second-order valence-corrected chi connectivity index (χ2v) is 8.54. The lowest BCUT2D eigenvalue weighted by atomic mass is 10.1. The van der Waals surface area contributed by atoms with E-state index in [9.17, 15) is 4.79 Å². The van der Waals surface area contributed by atoms with Crippen LogP contribution in [0.5, 0.6) is 0 Å². The van der Waals surface area contributed by atoms with Crippen molar-refractivity contribution in [3.05, 3.63) is 53.2 Å². The van der Waals surface area contributed by atoms with E-state index in [1.54, 1.807) is 6.07 Å². The molecular weight excluding hydrogens is 416 g/mol. The molecule has 3 aromatic rings. The Morgan fingerprint density at radius 2 is 1.76 bits per heavy atom. The van der Waals surface area contributed by atoms with Gasteiger partial charge in [-0.3, -0.25) is 4.79 Å². The van der Waals surface area contributed by atoms with Crippen molar-refractivity contribution in [2.24, 2.45) is 0 Å². The highest BCUT2D eigenvalue weighted by atomic mass is 16.5. The number of nitrogens with one attached hydrogen (secondary N) is 1. The monoisotopic (exact) mass is 444 g/mol. The molecule has 8 heteroatoms. The zero-order chi connectivity index (χ0) is 22.6. The molecule has 5 rings (SSSR count). The predicted molar refractivity (Wildman–Crippen MR) is 128 cm³/mol. The van der Waals surface area contributed by atoms with Gasteiger partial charge in [0.25, 0.3) is 5.91 Å². The Balaban J connectivity index is 1.44. The summed E-state index contributed by atoms with van der Waals surface area (Å²) in [6.45, 7) is 5.17. The van der Waals surface area contributed by atoms with Gasteiger partial charge in [0.15, 0.2) is 5.82 Å². The lowest BCUT2D eigenvalue weighted by molar-refractivity contribution is 0.0694. The van der Waals surface area contributed by atoms with Gasteiger partial charge in [0.05, 0.1) is 22.4 Å². The second-order valence-electron chi connectivity index (χ2n) is 8.54. The van der Waals surface area contributed by atoms with Crippen LogP contribution in [0.15, 0.2) is 30.3 Å². The number of para-hydroxylation sites is 2. The van der Waals surface area contributed by atoms with Gasteiger partial charge in [0.2, 0.25) is 0 Å². The Kier molecular flexibility index (Phi) is 6.26. The van der Waals surface area contributed by atoms with E-state index in [0.29, 0.717) is 24.7 Å². The van der Waals surface area contributed by atoms with Gasteiger partial charge in [0.1, 0.15) is 11.5 Å². The highest BCUT2D eigenvalue weighted by Gasteiger charge is 2.21. The highest BCUT2D eigenvalue weighted by Crippen LogP contribution is 2.20. The van der Waals surface area contributed by atoms with Gasteiger partial charge < -0.3 is 15.0 Å². The zero-order valence-electron chi connectivity index (χ0n) is 18.8. The van der Waals surface area contributed by atoms with Gasteiger partial charge in [-0.15, -0.1) is 0 Å². The van der Waals surface area contributed by atoms with Crippen molar-refractivity contribution in [1.82, 2.24) is 25.3 Å². The minimum absolute atomic E-state index is 0.117. The molecule has 0 bridgehead atoms. The Labute approximate surface area is 193 Å². The van der Waals surface area contributed by atoms with E-state index in [0.717, 1.165) is 67.0 Å². The van der Waals surface area contributed by atoms with Crippen molar-refractivity contribution in [1.29, 1.82) is 0 Å². The molecule has 0 aliphatic carbocycles. The van der Waals surface area contributed by atoms with E-state index in [1.807, 2.05) is 43.3 Å². The minimum Gasteiger partial charge on any atom is -0.381 e. The first-order valence-electron chi connectivity index (χ1n) is 11.6. The Morgan fingerprint density at radius 3 is 2.52 bits per heavy atom. The summed E-state index contributed by atoms with van der Waals surface area (Å²) >= 11 is 0. The van der Waals surface area contributed by atoms with E-state index in [1.165, 1.54) is 0 Å². The molecule has 1 N–H and O–H groups in total. The summed E-state index contributed by atoms with van der Waals surface area (Å²) in [6.07, 6.45) is 7.59. The number of ether oxygens (including phenoxy) is 1. The number of carbonyl (C=O) groups is 1. The predicted octanol–water partition coefficient (Wildman–Crippen LogP) is 3.41. The SMILES string of the molecule is Cc1nc2ccccc2nc1C=Cc1nc(C(=O)NC2CCOCC2)cc(N2CCCC2)n1. The van der Waals surface area contributed by atoms with Crippen LogP contribution in [0.4, 0.5) is 5.82 Å². The molecular formula is C25H28N6O2. The molecule has 0 radical (unpaired) electrons. The largest absolute Gasteiger partial charge is 0.381 e. The van der Waals surface area contributed by atoms with Crippen molar-refractivity contribution >= 4 is 34.9 Å². The topological polar surface area (TPSA) is 93.1 Å². The van der Waals surface area contributed by atoms with Crippen molar-refractivity contribution < 1.29 is 9.53 Å². The third kappa shape index (κ3) is 5.01. The van der Waals surface area contributed by atoms with Gasteiger partial charge in [-0.25, -0.2) is 19.9 Å². The summed E-state index contributed by atoms with van der Waals surface area (Å²) < 4.78 is 5.40. The number of anilines is 1. The number of aryl methyl sites for hydroxylation is 1. The molecule has 2 saturated heterocycles. The number of rotatable bonds is 5. The molecule has 2 aromatic heterocycles. The maximum Gasteiger partial charge on any atom is 0.270 e. The van der Waals surface area contributed by atoms with Gasteiger partial charge in [0, 0.05) is 38.4 Å². The van der Waals surface area contributed by atoms with Gasteiger partial charge in [-0.2, -0.15) is 0 Å². The Bertz CT molecular complexity index is 1180. The summed E-state index contributed by atoms with van der Waals surface area (Å²) in [5.41, 5.74) is 3.69. The fourth-order valence-electron chi connectivity index (χ4n) is 4.27. The Hall–Kier alpha value is -3.39. The molecule has 2 fully saturated rings. The van der Waals surface area contributed by atoms with Crippen LogP contribution in [-0.2, 0) is 4.74 Å². The van der Waals surface area contributed by atoms with Crippen LogP contribution in [0, 0.1) is 6.92 Å². The lowest BCUT2D eigenvalue weighted by Gasteiger charge is -2.23. The van der Waals surface area contributed by atoms with Crippen LogP contribution in [0.1, 0.15) is 53.4 Å². The molecule has 0 saturated carbocycles. The van der Waals surface area contributed by atoms with E-state index >= 15 is 0 Å². The first-order chi connectivity index (χ1) is 16.2. The summed E-state index contributed by atoms with van der Waals surface area (Å²) in [7, 11) is 0. The highest BCUT2D eigenvalue weighted by molar-refractivity contribution is 5.93. The number of nitrogens with zero attached hydrogens (tertiary/aromatic N) is 5. The van der Waals surface area contributed by atoms with Gasteiger partial charge in [-0.1, -0.05) is 12.1 Å². The summed E-state index contributed by atoms with van der Waals surface area (Å²) in [5, 5.41) is 3.11. The maximum absolute atomic E-state index is 13.0. The van der Waals surface area contributed by atoms with Crippen LogP contribution in [0.2, 0.25) is 0 Å². The zero-order valence-corrected chi connectivity index (χ0v) is 18.8. The maximum atomic E-state index is 13.0. The number of aromatic nitrogens is 4. The average Bonchev–Trinajstić information content (AvgIpc) is 3.38. The first kappa shape index (κ1) is 21.5. The Morgan fingerprint density at radius 1 is 1.03 bits per heavy atom. The fraction of sp³-hybridized carbons (Fsp3) is 0.400. The third-order valence-corrected chi connectivity index (χ3v) is 6.12. The minimum atomic E-state index is -0.166. The van der Waals surface area contributed by atoms with Crippen LogP contribution in [0.25, 0.3) is 23.2 Å². The van der Waals surface area contributed by atoms with Gasteiger partial charge >= 0.3 is 0 Å². The molecule has 33 heavy (non-hydrogen) atoms. The standard InChI is InChI=1S/C25H28N6O2/c1-17-19(28-21-7-3-2-6-20(21)26-17)8-9-23-29-22(16-24(30-23)31-12-4-5-13-31)25(32)27-18-10-14-33-15-11-18/h2-3,6-9,16,18H,4-5,10-15H2,1H3,(H,27,32). The summed E-state index contributed by atoms with van der Waals surface area (Å²) in [5.74, 6) is 1.12. The second kappa shape index (κ2) is 9.62. The van der Waals surface area contributed by atoms with Crippen LogP contribution >= 0.6 is 0 Å². The number of benzene rings is 1. The molecule has 1 aromatic carbocycles. The number of carbonyl (C=O) groups excluding carboxylic acids is 1. The van der Waals surface area contributed by atoms with Crippen LogP contribution in [-0.4, -0.2) is 58.2 Å². The normalized spacial score (nSPS) is 17.2. The van der Waals surface area contributed by atoms with E-state index in [4.69, 9.17) is 14.7 Å². The van der Waals surface area contributed by atoms with Crippen LogP contribution in [0.3, 0.4) is 0 Å². The third-order valence-electron chi connectivity index (χ3n) is 6.12. The van der Waals surface area contributed by atoms with Crippen molar-refractivity contribution in [2.75, 3.05) is 31.2 Å². The number of fused-ring (bicyclic) bond motifs is 1. The van der Waals surface area contributed by atoms with E-state index in [-0.39, 0.29) is 11.9 Å². The number of hydrogen-bond acceptors (Lipinski definition) is 7. The molecule has 0 atom stereocenters.